The standard InChI is InChI=1S/C58H41N/c1-57(2)49-28-15-13-26-46(49)55-45-25-12-11-24-44(45)54(37-52(55)57)59(42-35-34-39-33-32-38-18-9-10-23-43(38)48(39)36-42)53-31-17-30-51-56(53)47-27-14-16-29-50(47)58(51,40-19-5-3-6-20-40)41-21-7-4-8-22-41/h3-37H,1-2H3. The van der Waals surface area contributed by atoms with Gasteiger partial charge in [0, 0.05) is 22.1 Å². The van der Waals surface area contributed by atoms with E-state index < -0.39 is 5.41 Å². The summed E-state index contributed by atoms with van der Waals surface area (Å²) in [4.78, 5) is 2.59. The van der Waals surface area contributed by atoms with Crippen molar-refractivity contribution in [3.8, 4) is 22.3 Å². The van der Waals surface area contributed by atoms with Crippen LogP contribution in [-0.4, -0.2) is 0 Å². The smallest absolute Gasteiger partial charge is 0.0714 e. The Kier molecular flexibility index (Phi) is 7.26. The van der Waals surface area contributed by atoms with Crippen LogP contribution in [0.1, 0.15) is 47.2 Å². The van der Waals surface area contributed by atoms with E-state index in [2.05, 4.69) is 231 Å². The number of nitrogens with zero attached hydrogens (tertiary/aromatic N) is 1. The number of hydrogen-bond acceptors (Lipinski definition) is 1. The van der Waals surface area contributed by atoms with Crippen molar-refractivity contribution in [2.24, 2.45) is 0 Å². The Balaban J connectivity index is 1.23. The van der Waals surface area contributed by atoms with Crippen molar-refractivity contribution in [3.05, 3.63) is 246 Å². The third-order valence-corrected chi connectivity index (χ3v) is 13.5. The van der Waals surface area contributed by atoms with Gasteiger partial charge in [-0.3, -0.25) is 0 Å². The van der Waals surface area contributed by atoms with Crippen LogP contribution in [0.15, 0.2) is 212 Å². The van der Waals surface area contributed by atoms with Crippen LogP contribution in [0, 0.1) is 0 Å². The highest BCUT2D eigenvalue weighted by atomic mass is 15.1. The number of rotatable bonds is 5. The van der Waals surface area contributed by atoms with E-state index in [-0.39, 0.29) is 5.41 Å². The van der Waals surface area contributed by atoms with Crippen molar-refractivity contribution in [1.82, 2.24) is 0 Å². The molecule has 59 heavy (non-hydrogen) atoms. The Labute approximate surface area is 345 Å². The maximum atomic E-state index is 2.59. The molecule has 0 atom stereocenters. The maximum Gasteiger partial charge on any atom is 0.0714 e. The van der Waals surface area contributed by atoms with Gasteiger partial charge in [0.15, 0.2) is 0 Å². The average molecular weight is 752 g/mol. The molecule has 0 spiro atoms. The minimum Gasteiger partial charge on any atom is -0.309 e. The minimum absolute atomic E-state index is 0.184. The van der Waals surface area contributed by atoms with Crippen molar-refractivity contribution >= 4 is 49.4 Å². The summed E-state index contributed by atoms with van der Waals surface area (Å²) >= 11 is 0. The molecule has 0 saturated carbocycles. The molecule has 0 amide bonds. The van der Waals surface area contributed by atoms with Gasteiger partial charge in [-0.1, -0.05) is 202 Å². The van der Waals surface area contributed by atoms with Crippen molar-refractivity contribution in [2.45, 2.75) is 24.7 Å². The first-order chi connectivity index (χ1) is 29.0. The lowest BCUT2D eigenvalue weighted by atomic mass is 9.68. The van der Waals surface area contributed by atoms with Crippen LogP contribution >= 0.6 is 0 Å². The molecule has 0 radical (unpaired) electrons. The van der Waals surface area contributed by atoms with E-state index in [1.807, 2.05) is 0 Å². The first kappa shape index (κ1) is 33.9. The van der Waals surface area contributed by atoms with Crippen molar-refractivity contribution in [1.29, 1.82) is 0 Å². The number of fused-ring (bicyclic) bond motifs is 11. The van der Waals surface area contributed by atoms with Gasteiger partial charge in [0.25, 0.3) is 0 Å². The fourth-order valence-electron chi connectivity index (χ4n) is 10.9. The molecule has 0 fully saturated rings. The minimum atomic E-state index is -0.515. The Bertz CT molecular complexity index is 3260. The Hall–Kier alpha value is -7.22. The summed E-state index contributed by atoms with van der Waals surface area (Å²) < 4.78 is 0. The highest BCUT2D eigenvalue weighted by molar-refractivity contribution is 6.13. The highest BCUT2D eigenvalue weighted by Crippen LogP contribution is 2.61. The molecule has 10 aromatic carbocycles. The van der Waals surface area contributed by atoms with E-state index >= 15 is 0 Å². The van der Waals surface area contributed by atoms with Crippen LogP contribution in [0.4, 0.5) is 17.1 Å². The summed E-state index contributed by atoms with van der Waals surface area (Å²) in [6, 6.07) is 79.4. The van der Waals surface area contributed by atoms with E-state index in [1.165, 1.54) is 99.3 Å². The van der Waals surface area contributed by atoms with Gasteiger partial charge < -0.3 is 4.90 Å². The van der Waals surface area contributed by atoms with Gasteiger partial charge in [-0.2, -0.15) is 0 Å². The summed E-state index contributed by atoms with van der Waals surface area (Å²) in [5, 5.41) is 7.51. The van der Waals surface area contributed by atoms with Crippen LogP contribution < -0.4 is 4.90 Å². The zero-order chi connectivity index (χ0) is 39.3. The number of hydrogen-bond donors (Lipinski definition) is 0. The molecule has 10 aromatic rings. The lowest BCUT2D eigenvalue weighted by molar-refractivity contribution is 0.661. The van der Waals surface area contributed by atoms with Gasteiger partial charge in [-0.15, -0.1) is 0 Å². The second kappa shape index (κ2) is 12.6. The second-order valence-corrected chi connectivity index (χ2v) is 16.8. The van der Waals surface area contributed by atoms with E-state index in [4.69, 9.17) is 0 Å². The van der Waals surface area contributed by atoms with E-state index in [0.29, 0.717) is 0 Å². The van der Waals surface area contributed by atoms with Gasteiger partial charge >= 0.3 is 0 Å². The van der Waals surface area contributed by atoms with Crippen molar-refractivity contribution < 1.29 is 0 Å². The molecular formula is C58H41N. The molecule has 0 bridgehead atoms. The van der Waals surface area contributed by atoms with Gasteiger partial charge in [0.05, 0.1) is 16.8 Å². The Morgan fingerprint density at radius 1 is 0.339 bits per heavy atom. The molecule has 0 N–H and O–H groups in total. The Morgan fingerprint density at radius 3 is 1.61 bits per heavy atom. The average Bonchev–Trinajstić information content (AvgIpc) is 3.73. The molecule has 0 heterocycles. The summed E-state index contributed by atoms with van der Waals surface area (Å²) in [5.74, 6) is 0. The molecule has 0 saturated heterocycles. The fourth-order valence-corrected chi connectivity index (χ4v) is 10.9. The predicted molar refractivity (Wildman–Crippen MR) is 249 cm³/mol. The monoisotopic (exact) mass is 751 g/mol. The number of benzene rings is 10. The lowest BCUT2D eigenvalue weighted by Gasteiger charge is -2.35. The maximum absolute atomic E-state index is 2.59. The molecule has 0 unspecified atom stereocenters. The fraction of sp³-hybridized carbons (Fsp3) is 0.0690. The molecule has 1 heteroatoms. The van der Waals surface area contributed by atoms with Crippen LogP contribution in [0.25, 0.3) is 54.6 Å². The van der Waals surface area contributed by atoms with E-state index in [9.17, 15) is 0 Å². The molecule has 2 aliphatic carbocycles. The summed E-state index contributed by atoms with van der Waals surface area (Å²) in [5.41, 5.74) is 15.9. The van der Waals surface area contributed by atoms with Crippen LogP contribution in [0.5, 0.6) is 0 Å². The largest absolute Gasteiger partial charge is 0.309 e. The van der Waals surface area contributed by atoms with Crippen molar-refractivity contribution in [3.63, 3.8) is 0 Å². The van der Waals surface area contributed by atoms with E-state index in [0.717, 1.165) is 5.69 Å². The molecule has 0 aliphatic heterocycles. The normalized spacial score (nSPS) is 14.2. The van der Waals surface area contributed by atoms with Gasteiger partial charge in [-0.05, 0) is 101 Å². The zero-order valence-electron chi connectivity index (χ0n) is 33.2. The van der Waals surface area contributed by atoms with Crippen LogP contribution in [0.3, 0.4) is 0 Å². The SMILES string of the molecule is CC1(C)c2ccccc2-c2c1cc(N(c1ccc3ccc4ccccc4c3c1)c1cccc3c1-c1ccccc1C3(c1ccccc1)c1ccccc1)c1ccccc21. The second-order valence-electron chi connectivity index (χ2n) is 16.8. The summed E-state index contributed by atoms with van der Waals surface area (Å²) in [6.45, 7) is 4.79. The van der Waals surface area contributed by atoms with Gasteiger partial charge in [0.1, 0.15) is 0 Å². The van der Waals surface area contributed by atoms with Crippen LogP contribution in [0.2, 0.25) is 0 Å². The summed E-state index contributed by atoms with van der Waals surface area (Å²) in [6.07, 6.45) is 0. The van der Waals surface area contributed by atoms with Crippen LogP contribution in [-0.2, 0) is 10.8 Å². The topological polar surface area (TPSA) is 3.24 Å². The highest BCUT2D eigenvalue weighted by Gasteiger charge is 2.47. The lowest BCUT2D eigenvalue weighted by Crippen LogP contribution is -2.28. The summed E-state index contributed by atoms with van der Waals surface area (Å²) in [7, 11) is 0. The molecular weight excluding hydrogens is 711 g/mol. The molecule has 12 rings (SSSR count). The van der Waals surface area contributed by atoms with E-state index in [1.54, 1.807) is 0 Å². The predicted octanol–water partition coefficient (Wildman–Crippen LogP) is 15.3. The van der Waals surface area contributed by atoms with Gasteiger partial charge in [-0.25, -0.2) is 0 Å². The molecule has 0 aromatic heterocycles. The third-order valence-electron chi connectivity index (χ3n) is 13.5. The molecule has 1 nitrogen and oxygen atoms in total. The first-order valence-electron chi connectivity index (χ1n) is 20.8. The number of anilines is 3. The Morgan fingerprint density at radius 2 is 0.881 bits per heavy atom. The van der Waals surface area contributed by atoms with Gasteiger partial charge in [0.2, 0.25) is 0 Å². The first-order valence-corrected chi connectivity index (χ1v) is 20.8. The molecule has 2 aliphatic rings. The zero-order valence-corrected chi connectivity index (χ0v) is 33.2. The third kappa shape index (κ3) is 4.67. The molecule has 278 valence electrons. The quantitative estimate of drug-likeness (QED) is 0.158. The van der Waals surface area contributed by atoms with Crippen molar-refractivity contribution in [2.75, 3.05) is 4.90 Å².